The molecule has 0 unspecified atom stereocenters. The molecule has 84 valence electrons. The Hall–Kier alpha value is -1.36. The Balaban J connectivity index is 2.16. The summed E-state index contributed by atoms with van der Waals surface area (Å²) in [7, 11) is 0. The van der Waals surface area contributed by atoms with Gasteiger partial charge in [-0.3, -0.25) is 4.79 Å². The number of carbonyl (C=O) groups excluding carboxylic acids is 1. The van der Waals surface area contributed by atoms with E-state index < -0.39 is 0 Å². The number of aliphatic hydroxyl groups excluding tert-OH is 1. The molecule has 1 rings (SSSR count). The maximum absolute atomic E-state index is 11.2. The number of hydrogen-bond donors (Lipinski definition) is 2. The van der Waals surface area contributed by atoms with Crippen molar-refractivity contribution in [3.63, 3.8) is 0 Å². The number of nitrogens with one attached hydrogen (secondary N) is 1. The van der Waals surface area contributed by atoms with Crippen LogP contribution in [0.4, 0.5) is 0 Å². The zero-order chi connectivity index (χ0) is 11.1. The molecule has 1 aromatic rings. The molecule has 2 N–H and O–H groups in total. The summed E-state index contributed by atoms with van der Waals surface area (Å²) in [5.41, 5.74) is 0.805. The highest BCUT2D eigenvalue weighted by Gasteiger charge is 2.03. The van der Waals surface area contributed by atoms with E-state index in [9.17, 15) is 4.79 Å². The fraction of sp³-hybridized carbons (Fsp3) is 0.600. The molecule has 5 nitrogen and oxygen atoms in total. The minimum absolute atomic E-state index is 0.0301. The molecule has 0 spiro atoms. The monoisotopic (exact) mass is 212 g/mol. The Morgan fingerprint density at radius 1 is 1.60 bits per heavy atom. The van der Waals surface area contributed by atoms with E-state index in [0.717, 1.165) is 5.69 Å². The number of nitrogens with zero attached hydrogens (tertiary/aromatic N) is 1. The van der Waals surface area contributed by atoms with Crippen molar-refractivity contribution < 1.29 is 14.4 Å². The van der Waals surface area contributed by atoms with Gasteiger partial charge in [0.2, 0.25) is 5.91 Å². The van der Waals surface area contributed by atoms with Gasteiger partial charge in [-0.05, 0) is 19.8 Å². The van der Waals surface area contributed by atoms with E-state index in [0.29, 0.717) is 31.6 Å². The van der Waals surface area contributed by atoms with E-state index in [4.69, 9.17) is 9.63 Å². The molecule has 0 saturated carbocycles. The van der Waals surface area contributed by atoms with Gasteiger partial charge in [-0.15, -0.1) is 0 Å². The molecule has 0 atom stereocenters. The Kier molecular flexibility index (Phi) is 4.83. The number of unbranched alkanes of at least 4 members (excludes halogenated alkanes) is 1. The highest BCUT2D eigenvalue weighted by molar-refractivity contribution is 5.75. The second-order valence-electron chi connectivity index (χ2n) is 3.39. The molecule has 0 radical (unpaired) electrons. The summed E-state index contributed by atoms with van der Waals surface area (Å²) in [5, 5.41) is 15.0. The lowest BCUT2D eigenvalue weighted by molar-refractivity contribution is -0.121. The molecule has 1 heterocycles. The van der Waals surface area contributed by atoms with Crippen LogP contribution in [0.2, 0.25) is 0 Å². The number of rotatable bonds is 6. The summed E-state index contributed by atoms with van der Waals surface area (Å²) in [6.07, 6.45) is 1.81. The minimum atomic E-state index is -0.0301. The number of carbonyl (C=O) groups is 1. The molecule has 0 aliphatic carbocycles. The fourth-order valence-corrected chi connectivity index (χ4v) is 1.17. The highest BCUT2D eigenvalue weighted by Crippen LogP contribution is 2.01. The van der Waals surface area contributed by atoms with Gasteiger partial charge in [0.1, 0.15) is 0 Å². The van der Waals surface area contributed by atoms with Crippen LogP contribution in [0, 0.1) is 6.92 Å². The van der Waals surface area contributed by atoms with E-state index in [2.05, 4.69) is 10.5 Å². The topological polar surface area (TPSA) is 75.4 Å². The molecule has 0 aliphatic heterocycles. The Morgan fingerprint density at radius 3 is 3.00 bits per heavy atom. The quantitative estimate of drug-likeness (QED) is 0.683. The predicted molar refractivity (Wildman–Crippen MR) is 54.0 cm³/mol. The number of aromatic nitrogens is 1. The SMILES string of the molecule is Cc1cc(CNC(=O)CCCCO)on1. The molecule has 0 aliphatic rings. The van der Waals surface area contributed by atoms with Crippen LogP contribution in [-0.2, 0) is 11.3 Å². The van der Waals surface area contributed by atoms with Crippen LogP contribution in [0.15, 0.2) is 10.6 Å². The summed E-state index contributed by atoms with van der Waals surface area (Å²) in [6, 6.07) is 1.79. The average Bonchev–Trinajstić information content (AvgIpc) is 2.62. The normalized spacial score (nSPS) is 10.3. The summed E-state index contributed by atoms with van der Waals surface area (Å²) in [6.45, 7) is 2.34. The second-order valence-corrected chi connectivity index (χ2v) is 3.39. The first kappa shape index (κ1) is 11.7. The molecule has 0 aromatic carbocycles. The van der Waals surface area contributed by atoms with E-state index in [1.165, 1.54) is 0 Å². The Morgan fingerprint density at radius 2 is 2.40 bits per heavy atom. The predicted octanol–water partition coefficient (Wildman–Crippen LogP) is 0.762. The lowest BCUT2D eigenvalue weighted by Crippen LogP contribution is -2.22. The second kappa shape index (κ2) is 6.19. The van der Waals surface area contributed by atoms with Gasteiger partial charge >= 0.3 is 0 Å². The van der Waals surface area contributed by atoms with Gasteiger partial charge < -0.3 is 14.9 Å². The van der Waals surface area contributed by atoms with Gasteiger partial charge in [0.25, 0.3) is 0 Å². The summed E-state index contributed by atoms with van der Waals surface area (Å²) < 4.78 is 4.94. The van der Waals surface area contributed by atoms with Crippen molar-refractivity contribution in [3.05, 3.63) is 17.5 Å². The third kappa shape index (κ3) is 4.60. The van der Waals surface area contributed by atoms with Gasteiger partial charge in [-0.1, -0.05) is 5.16 Å². The number of amides is 1. The Bertz CT molecular complexity index is 309. The largest absolute Gasteiger partial charge is 0.396 e. The zero-order valence-electron chi connectivity index (χ0n) is 8.82. The van der Waals surface area contributed by atoms with Crippen molar-refractivity contribution in [2.24, 2.45) is 0 Å². The van der Waals surface area contributed by atoms with Crippen molar-refractivity contribution in [1.29, 1.82) is 0 Å². The molecule has 0 saturated heterocycles. The third-order valence-corrected chi connectivity index (χ3v) is 1.95. The fourth-order valence-electron chi connectivity index (χ4n) is 1.17. The number of aliphatic hydroxyl groups is 1. The summed E-state index contributed by atoms with van der Waals surface area (Å²) in [4.78, 5) is 11.2. The molecule has 1 amide bonds. The zero-order valence-corrected chi connectivity index (χ0v) is 8.82. The van der Waals surface area contributed by atoms with Crippen molar-refractivity contribution in [3.8, 4) is 0 Å². The van der Waals surface area contributed by atoms with E-state index >= 15 is 0 Å². The number of aryl methyl sites for hydroxylation is 1. The van der Waals surface area contributed by atoms with E-state index in [1.54, 1.807) is 6.07 Å². The van der Waals surface area contributed by atoms with Gasteiger partial charge in [0.05, 0.1) is 12.2 Å². The maximum atomic E-state index is 11.2. The lowest BCUT2D eigenvalue weighted by atomic mass is 10.2. The lowest BCUT2D eigenvalue weighted by Gasteiger charge is -2.01. The van der Waals surface area contributed by atoms with Gasteiger partial charge in [-0.2, -0.15) is 0 Å². The smallest absolute Gasteiger partial charge is 0.220 e. The van der Waals surface area contributed by atoms with Crippen LogP contribution in [-0.4, -0.2) is 22.8 Å². The maximum Gasteiger partial charge on any atom is 0.220 e. The van der Waals surface area contributed by atoms with Crippen molar-refractivity contribution >= 4 is 5.91 Å². The first-order valence-electron chi connectivity index (χ1n) is 5.02. The molecule has 1 aromatic heterocycles. The van der Waals surface area contributed by atoms with E-state index in [1.807, 2.05) is 6.92 Å². The van der Waals surface area contributed by atoms with Crippen molar-refractivity contribution in [1.82, 2.24) is 10.5 Å². The molecule has 0 fully saturated rings. The van der Waals surface area contributed by atoms with Crippen LogP contribution in [0.25, 0.3) is 0 Å². The third-order valence-electron chi connectivity index (χ3n) is 1.95. The van der Waals surface area contributed by atoms with Crippen LogP contribution < -0.4 is 5.32 Å². The highest BCUT2D eigenvalue weighted by atomic mass is 16.5. The van der Waals surface area contributed by atoms with Crippen LogP contribution in [0.5, 0.6) is 0 Å². The first-order chi connectivity index (χ1) is 7.22. The minimum Gasteiger partial charge on any atom is -0.396 e. The van der Waals surface area contributed by atoms with Gasteiger partial charge in [0, 0.05) is 19.1 Å². The number of hydrogen-bond acceptors (Lipinski definition) is 4. The van der Waals surface area contributed by atoms with Crippen molar-refractivity contribution in [2.75, 3.05) is 6.61 Å². The Labute approximate surface area is 88.5 Å². The standard InChI is InChI=1S/C10H16N2O3/c1-8-6-9(15-12-8)7-11-10(14)4-2-3-5-13/h6,13H,2-5,7H2,1H3,(H,11,14). The molecule has 5 heteroatoms. The van der Waals surface area contributed by atoms with Gasteiger partial charge in [0.15, 0.2) is 5.76 Å². The summed E-state index contributed by atoms with van der Waals surface area (Å²) in [5.74, 6) is 0.625. The van der Waals surface area contributed by atoms with Crippen LogP contribution >= 0.6 is 0 Å². The molecular weight excluding hydrogens is 196 g/mol. The van der Waals surface area contributed by atoms with Crippen LogP contribution in [0.1, 0.15) is 30.7 Å². The summed E-state index contributed by atoms with van der Waals surface area (Å²) >= 11 is 0. The molecular formula is C10H16N2O3. The van der Waals surface area contributed by atoms with Gasteiger partial charge in [-0.25, -0.2) is 0 Å². The first-order valence-corrected chi connectivity index (χ1v) is 5.02. The molecule has 0 bridgehead atoms. The van der Waals surface area contributed by atoms with Crippen LogP contribution in [0.3, 0.4) is 0 Å². The average molecular weight is 212 g/mol. The van der Waals surface area contributed by atoms with Crippen molar-refractivity contribution in [2.45, 2.75) is 32.7 Å². The van der Waals surface area contributed by atoms with E-state index in [-0.39, 0.29) is 12.5 Å². The molecule has 15 heavy (non-hydrogen) atoms.